The van der Waals surface area contributed by atoms with Crippen LogP contribution in [0.25, 0.3) is 0 Å². The molecule has 1 N–H and O–H groups in total. The highest BCUT2D eigenvalue weighted by Gasteiger charge is 2.28. The van der Waals surface area contributed by atoms with Crippen LogP contribution in [0.2, 0.25) is 0 Å². The molecule has 0 amide bonds. The van der Waals surface area contributed by atoms with E-state index >= 15 is 0 Å². The van der Waals surface area contributed by atoms with Gasteiger partial charge in [-0.1, -0.05) is 32.0 Å². The van der Waals surface area contributed by atoms with Gasteiger partial charge in [0, 0.05) is 10.9 Å². The van der Waals surface area contributed by atoms with Crippen LogP contribution >= 0.6 is 11.8 Å². The van der Waals surface area contributed by atoms with Crippen LogP contribution in [-0.2, 0) is 0 Å². The van der Waals surface area contributed by atoms with Crippen LogP contribution in [0.5, 0.6) is 0 Å². The summed E-state index contributed by atoms with van der Waals surface area (Å²) in [5.74, 6) is 0. The summed E-state index contributed by atoms with van der Waals surface area (Å²) in [6, 6.07) is 9.42. The Morgan fingerprint density at radius 1 is 1.33 bits per heavy atom. The smallest absolute Gasteiger partial charge is 0.214 e. The van der Waals surface area contributed by atoms with Crippen LogP contribution in [0, 0.1) is 0 Å². The summed E-state index contributed by atoms with van der Waals surface area (Å²) >= 11 is 1.67. The quantitative estimate of drug-likeness (QED) is 0.851. The molecule has 3 rings (SSSR count). The SMILES string of the molecule is CCNC(CC)c1ccccc1Sc1nnnn1C1CC1. The highest BCUT2D eigenvalue weighted by molar-refractivity contribution is 7.99. The average molecular weight is 303 g/mol. The Labute approximate surface area is 129 Å². The standard InChI is InChI=1S/C15H21N5S/c1-3-13(16-4-2)12-7-5-6-8-14(12)21-15-17-18-19-20(15)11-9-10-11/h5-8,11,13,16H,3-4,9-10H2,1-2H3. The fraction of sp³-hybridized carbons (Fsp3) is 0.533. The third-order valence-corrected chi connectivity index (χ3v) is 4.75. The van der Waals surface area contributed by atoms with Crippen molar-refractivity contribution in [3.8, 4) is 0 Å². The van der Waals surface area contributed by atoms with Crippen molar-refractivity contribution in [1.82, 2.24) is 25.5 Å². The Balaban J connectivity index is 1.86. The van der Waals surface area contributed by atoms with Gasteiger partial charge in [-0.3, -0.25) is 0 Å². The summed E-state index contributed by atoms with van der Waals surface area (Å²) in [5, 5.41) is 16.6. The molecule has 1 saturated carbocycles. The molecule has 0 aliphatic heterocycles. The lowest BCUT2D eigenvalue weighted by Crippen LogP contribution is -2.20. The number of hydrogen-bond acceptors (Lipinski definition) is 5. The van der Waals surface area contributed by atoms with E-state index in [9.17, 15) is 0 Å². The van der Waals surface area contributed by atoms with Gasteiger partial charge in [0.25, 0.3) is 0 Å². The normalized spacial score (nSPS) is 16.1. The van der Waals surface area contributed by atoms with Gasteiger partial charge in [0.1, 0.15) is 0 Å². The Morgan fingerprint density at radius 3 is 2.86 bits per heavy atom. The van der Waals surface area contributed by atoms with Crippen LogP contribution in [-0.4, -0.2) is 26.8 Å². The zero-order valence-electron chi connectivity index (χ0n) is 12.5. The number of nitrogens with zero attached hydrogens (tertiary/aromatic N) is 4. The molecule has 1 atom stereocenters. The summed E-state index contributed by atoms with van der Waals surface area (Å²) in [5.41, 5.74) is 1.33. The van der Waals surface area contributed by atoms with E-state index in [4.69, 9.17) is 0 Å². The fourth-order valence-corrected chi connectivity index (χ4v) is 3.51. The average Bonchev–Trinajstić information content (AvgIpc) is 3.26. The first-order chi connectivity index (χ1) is 10.3. The molecule has 1 heterocycles. The first-order valence-electron chi connectivity index (χ1n) is 7.61. The fourth-order valence-electron chi connectivity index (χ4n) is 2.48. The molecule has 1 aliphatic rings. The minimum absolute atomic E-state index is 0.379. The van der Waals surface area contributed by atoms with Gasteiger partial charge in [-0.05, 0) is 59.6 Å². The predicted octanol–water partition coefficient (Wildman–Crippen LogP) is 3.22. The van der Waals surface area contributed by atoms with Crippen molar-refractivity contribution < 1.29 is 0 Å². The Bertz CT molecular complexity index is 593. The molecule has 1 aromatic heterocycles. The summed E-state index contributed by atoms with van der Waals surface area (Å²) in [6.45, 7) is 5.33. The lowest BCUT2D eigenvalue weighted by molar-refractivity contribution is 0.529. The van der Waals surface area contributed by atoms with E-state index in [2.05, 4.69) is 59.0 Å². The van der Waals surface area contributed by atoms with Gasteiger partial charge in [0.15, 0.2) is 0 Å². The third-order valence-electron chi connectivity index (χ3n) is 3.71. The third kappa shape index (κ3) is 3.27. The van der Waals surface area contributed by atoms with Crippen molar-refractivity contribution in [1.29, 1.82) is 0 Å². The van der Waals surface area contributed by atoms with E-state index in [1.54, 1.807) is 11.8 Å². The van der Waals surface area contributed by atoms with Gasteiger partial charge in [-0.25, -0.2) is 4.68 Å². The second kappa shape index (κ2) is 6.58. The van der Waals surface area contributed by atoms with Crippen molar-refractivity contribution in [3.05, 3.63) is 29.8 Å². The molecule has 5 nitrogen and oxygen atoms in total. The number of nitrogens with one attached hydrogen (secondary N) is 1. The molecule has 0 radical (unpaired) electrons. The molecule has 6 heteroatoms. The van der Waals surface area contributed by atoms with E-state index < -0.39 is 0 Å². The molecule has 1 aliphatic carbocycles. The maximum Gasteiger partial charge on any atom is 0.214 e. The molecule has 0 saturated heterocycles. The largest absolute Gasteiger partial charge is 0.310 e. The Kier molecular flexibility index (Phi) is 4.55. The number of hydrogen-bond donors (Lipinski definition) is 1. The van der Waals surface area contributed by atoms with Gasteiger partial charge in [-0.2, -0.15) is 0 Å². The first-order valence-corrected chi connectivity index (χ1v) is 8.43. The van der Waals surface area contributed by atoms with Crippen LogP contribution in [0.3, 0.4) is 0 Å². The van der Waals surface area contributed by atoms with Crippen molar-refractivity contribution in [2.24, 2.45) is 0 Å². The molecule has 0 bridgehead atoms. The molecule has 112 valence electrons. The Morgan fingerprint density at radius 2 is 2.14 bits per heavy atom. The monoisotopic (exact) mass is 303 g/mol. The second-order valence-corrected chi connectivity index (χ2v) is 6.30. The van der Waals surface area contributed by atoms with E-state index in [1.807, 2.05) is 4.68 Å². The maximum atomic E-state index is 4.19. The first kappa shape index (κ1) is 14.5. The van der Waals surface area contributed by atoms with Crippen LogP contribution in [0.15, 0.2) is 34.3 Å². The molecular weight excluding hydrogens is 282 g/mol. The molecule has 1 unspecified atom stereocenters. The molecule has 1 fully saturated rings. The molecule has 0 spiro atoms. The summed E-state index contributed by atoms with van der Waals surface area (Å²) in [6.07, 6.45) is 3.45. The van der Waals surface area contributed by atoms with Crippen molar-refractivity contribution >= 4 is 11.8 Å². The zero-order valence-corrected chi connectivity index (χ0v) is 13.3. The van der Waals surface area contributed by atoms with Crippen LogP contribution in [0.1, 0.15) is 50.8 Å². The molecule has 21 heavy (non-hydrogen) atoms. The molecule has 2 aromatic rings. The highest BCUT2D eigenvalue weighted by atomic mass is 32.2. The molecule has 1 aromatic carbocycles. The van der Waals surface area contributed by atoms with Gasteiger partial charge >= 0.3 is 0 Å². The number of aromatic nitrogens is 4. The second-order valence-electron chi connectivity index (χ2n) is 5.30. The summed E-state index contributed by atoms with van der Waals surface area (Å²) < 4.78 is 1.97. The van der Waals surface area contributed by atoms with Crippen molar-refractivity contribution in [2.45, 2.75) is 55.2 Å². The van der Waals surface area contributed by atoms with E-state index in [-0.39, 0.29) is 0 Å². The van der Waals surface area contributed by atoms with E-state index in [0.29, 0.717) is 12.1 Å². The van der Waals surface area contributed by atoms with Crippen molar-refractivity contribution in [3.63, 3.8) is 0 Å². The lowest BCUT2D eigenvalue weighted by Gasteiger charge is -2.19. The summed E-state index contributed by atoms with van der Waals surface area (Å²) in [4.78, 5) is 1.24. The van der Waals surface area contributed by atoms with Gasteiger partial charge < -0.3 is 5.32 Å². The zero-order chi connectivity index (χ0) is 14.7. The predicted molar refractivity (Wildman–Crippen MR) is 83.4 cm³/mol. The lowest BCUT2D eigenvalue weighted by atomic mass is 10.0. The maximum absolute atomic E-state index is 4.19. The minimum Gasteiger partial charge on any atom is -0.310 e. The topological polar surface area (TPSA) is 55.6 Å². The van der Waals surface area contributed by atoms with Gasteiger partial charge in [-0.15, -0.1) is 5.10 Å². The number of benzene rings is 1. The van der Waals surface area contributed by atoms with Gasteiger partial charge in [0.2, 0.25) is 5.16 Å². The minimum atomic E-state index is 0.379. The van der Waals surface area contributed by atoms with Gasteiger partial charge in [0.05, 0.1) is 6.04 Å². The van der Waals surface area contributed by atoms with Crippen LogP contribution < -0.4 is 5.32 Å². The Hall–Kier alpha value is -1.40. The number of tetrazole rings is 1. The van der Waals surface area contributed by atoms with E-state index in [1.165, 1.54) is 23.3 Å². The highest BCUT2D eigenvalue weighted by Crippen LogP contribution is 2.39. The molecular formula is C15H21N5S. The van der Waals surface area contributed by atoms with E-state index in [0.717, 1.165) is 18.1 Å². The van der Waals surface area contributed by atoms with Crippen LogP contribution in [0.4, 0.5) is 0 Å². The summed E-state index contributed by atoms with van der Waals surface area (Å²) in [7, 11) is 0. The van der Waals surface area contributed by atoms with Crippen molar-refractivity contribution in [2.75, 3.05) is 6.54 Å². The number of rotatable bonds is 7.